The molecular formula is C51H61N5O6Si. The molecule has 330 valence electrons. The molecule has 2 aliphatic rings. The highest BCUT2D eigenvalue weighted by molar-refractivity contribution is 6.91. The molecule has 0 aliphatic carbocycles. The minimum absolute atomic E-state index is 0.0148. The van der Waals surface area contributed by atoms with Gasteiger partial charge in [0.25, 0.3) is 11.8 Å². The maximum absolute atomic E-state index is 15.5. The van der Waals surface area contributed by atoms with Gasteiger partial charge in [0.2, 0.25) is 0 Å². The summed E-state index contributed by atoms with van der Waals surface area (Å²) < 4.78 is 20.1. The second kappa shape index (κ2) is 19.3. The van der Waals surface area contributed by atoms with Gasteiger partial charge in [0, 0.05) is 42.0 Å². The normalized spacial score (nSPS) is 20.1. The summed E-state index contributed by atoms with van der Waals surface area (Å²) in [6, 6.07) is 30.9. The van der Waals surface area contributed by atoms with Crippen molar-refractivity contribution in [2.75, 3.05) is 37.6 Å². The molecule has 2 N–H and O–H groups in total. The first-order valence-electron chi connectivity index (χ1n) is 21.9. The summed E-state index contributed by atoms with van der Waals surface area (Å²) in [5, 5.41) is 23.7. The average molecular weight is 868 g/mol. The van der Waals surface area contributed by atoms with Gasteiger partial charge in [-0.3, -0.25) is 14.3 Å². The van der Waals surface area contributed by atoms with Gasteiger partial charge in [-0.1, -0.05) is 96.2 Å². The van der Waals surface area contributed by atoms with E-state index < -0.39 is 13.7 Å². The number of aromatic nitrogens is 3. The fourth-order valence-corrected chi connectivity index (χ4v) is 13.7. The van der Waals surface area contributed by atoms with E-state index in [1.54, 1.807) is 38.5 Å². The summed E-state index contributed by atoms with van der Waals surface area (Å²) in [6.07, 6.45) is 8.36. The molecule has 5 aromatic rings. The molecule has 4 aromatic carbocycles. The van der Waals surface area contributed by atoms with E-state index in [1.165, 1.54) is 16.3 Å². The van der Waals surface area contributed by atoms with Gasteiger partial charge in [-0.25, -0.2) is 0 Å². The number of carbonyl (C=O) groups is 2. The van der Waals surface area contributed by atoms with E-state index in [1.807, 2.05) is 76.4 Å². The lowest BCUT2D eigenvalue weighted by molar-refractivity contribution is -0.145. The molecule has 1 spiro atoms. The number of anilines is 2. The second-order valence-electron chi connectivity index (χ2n) is 17.7. The molecule has 11 nitrogen and oxygen atoms in total. The summed E-state index contributed by atoms with van der Waals surface area (Å²) in [5.41, 5.74) is 5.41. The van der Waals surface area contributed by atoms with Crippen molar-refractivity contribution in [3.63, 3.8) is 0 Å². The number of allylic oxidation sites excluding steroid dienone is 3. The first kappa shape index (κ1) is 45.2. The molecular weight excluding hydrogens is 807 g/mol. The van der Waals surface area contributed by atoms with Crippen LogP contribution in [0.4, 0.5) is 11.4 Å². The molecule has 1 fully saturated rings. The number of ether oxygens (including phenoxy) is 3. The minimum Gasteiger partial charge on any atom is -0.497 e. The maximum Gasteiger partial charge on any atom is 0.264 e. The Balaban J connectivity index is 1.27. The molecule has 3 heterocycles. The summed E-state index contributed by atoms with van der Waals surface area (Å²) in [6.45, 7) is 14.0. The smallest absolute Gasteiger partial charge is 0.264 e. The zero-order chi connectivity index (χ0) is 44.9. The van der Waals surface area contributed by atoms with E-state index in [4.69, 9.17) is 14.2 Å². The Kier molecular flexibility index (Phi) is 13.8. The molecule has 0 bridgehead atoms. The van der Waals surface area contributed by atoms with E-state index in [9.17, 15) is 9.90 Å². The largest absolute Gasteiger partial charge is 0.497 e. The van der Waals surface area contributed by atoms with Gasteiger partial charge in [-0.05, 0) is 106 Å². The maximum atomic E-state index is 15.5. The minimum atomic E-state index is -2.45. The Hall–Kier alpha value is -5.82. The van der Waals surface area contributed by atoms with E-state index in [0.717, 1.165) is 35.4 Å². The van der Waals surface area contributed by atoms with Crippen LogP contribution < -0.4 is 24.9 Å². The number of carbonyl (C=O) groups excluding carboxylic acids is 2. The van der Waals surface area contributed by atoms with Crippen molar-refractivity contribution >= 4 is 36.4 Å². The first-order valence-corrected chi connectivity index (χ1v) is 25.0. The fraction of sp³-hybridized carbons (Fsp3) is 0.373. The number of amides is 2. The number of nitrogens with zero attached hydrogens (tertiary/aromatic N) is 4. The number of aliphatic hydroxyl groups is 1. The van der Waals surface area contributed by atoms with Crippen LogP contribution >= 0.6 is 0 Å². The number of hydrogen-bond donors (Lipinski definition) is 2. The number of hydrogen-bond acceptors (Lipinski definition) is 8. The lowest BCUT2D eigenvalue weighted by atomic mass is 9.82. The highest BCUT2D eigenvalue weighted by atomic mass is 28.3. The molecule has 63 heavy (non-hydrogen) atoms. The highest BCUT2D eigenvalue weighted by Gasteiger charge is 2.66. The molecule has 7 rings (SSSR count). The van der Waals surface area contributed by atoms with Crippen molar-refractivity contribution in [2.45, 2.75) is 89.8 Å². The Bertz CT molecular complexity index is 2440. The van der Waals surface area contributed by atoms with Crippen molar-refractivity contribution in [1.82, 2.24) is 15.0 Å². The summed E-state index contributed by atoms with van der Waals surface area (Å²) in [4.78, 5) is 31.0. The molecule has 0 saturated carbocycles. The van der Waals surface area contributed by atoms with Crippen molar-refractivity contribution in [2.24, 2.45) is 5.92 Å². The number of benzene rings is 4. The van der Waals surface area contributed by atoms with Gasteiger partial charge in [-0.2, -0.15) is 0 Å². The second-order valence-corrected chi connectivity index (χ2v) is 22.4. The van der Waals surface area contributed by atoms with Crippen LogP contribution in [0.1, 0.15) is 80.1 Å². The van der Waals surface area contributed by atoms with Crippen molar-refractivity contribution in [1.29, 1.82) is 0 Å². The summed E-state index contributed by atoms with van der Waals surface area (Å²) in [7, 11) is 0.808. The van der Waals surface area contributed by atoms with Crippen LogP contribution in [0.2, 0.25) is 18.6 Å². The van der Waals surface area contributed by atoms with Crippen LogP contribution in [-0.2, 0) is 21.7 Å². The van der Waals surface area contributed by atoms with Crippen LogP contribution in [0, 0.1) is 5.92 Å². The predicted molar refractivity (Wildman–Crippen MR) is 252 cm³/mol. The van der Waals surface area contributed by atoms with Crippen molar-refractivity contribution in [3.05, 3.63) is 149 Å². The monoisotopic (exact) mass is 867 g/mol. The molecule has 5 atom stereocenters. The van der Waals surface area contributed by atoms with Gasteiger partial charge in [0.05, 0.1) is 52.3 Å². The zero-order valence-electron chi connectivity index (χ0n) is 37.8. The van der Waals surface area contributed by atoms with Crippen LogP contribution in [0.25, 0.3) is 0 Å². The molecule has 1 unspecified atom stereocenters. The van der Waals surface area contributed by atoms with E-state index in [0.29, 0.717) is 42.2 Å². The number of nitrogens with one attached hydrogen (secondary N) is 1. The standard InChI is InChI=1S/C51H61N5O6Si/c1-34(2)13-12-14-35(3)27-30-56-46-26-19-39(52-49(58)38-17-20-40(60-5)21-18-38)31-44(46)51(50(56)59)36(4)48(63(7,8)42-24-22-41(61-6)23-25-42)47(62-51)28-29-55-32-45(53-54-55)43(33-57)37-15-10-9-11-16-37/h9-11,13,15-27,31-32,36,43,47-48,57H,12,14,28-30,33H2,1-8H3,(H,52,58)/b35-27+/t36-,43?,47+,48-,51+/m0/s1. The third-order valence-electron chi connectivity index (χ3n) is 13.1. The Morgan fingerprint density at radius 3 is 2.29 bits per heavy atom. The number of fused-ring (bicyclic) bond motifs is 2. The molecule has 12 heteroatoms. The number of aliphatic hydroxyl groups excluding tert-OH is 1. The molecule has 1 aromatic heterocycles. The molecule has 1 saturated heterocycles. The van der Waals surface area contributed by atoms with Gasteiger partial charge in [0.15, 0.2) is 5.60 Å². The fourth-order valence-electron chi connectivity index (χ4n) is 9.62. The lowest BCUT2D eigenvalue weighted by Gasteiger charge is -2.37. The van der Waals surface area contributed by atoms with Crippen molar-refractivity contribution < 1.29 is 28.9 Å². The average Bonchev–Trinajstić information content (AvgIpc) is 3.95. The molecule has 2 aliphatic heterocycles. The zero-order valence-corrected chi connectivity index (χ0v) is 38.8. The quantitative estimate of drug-likeness (QED) is 0.0701. The highest BCUT2D eigenvalue weighted by Crippen LogP contribution is 2.60. The Morgan fingerprint density at radius 2 is 1.63 bits per heavy atom. The lowest BCUT2D eigenvalue weighted by Crippen LogP contribution is -2.52. The summed E-state index contributed by atoms with van der Waals surface area (Å²) >= 11 is 0. The van der Waals surface area contributed by atoms with Gasteiger partial charge < -0.3 is 29.5 Å². The third kappa shape index (κ3) is 9.30. The van der Waals surface area contributed by atoms with E-state index in [2.05, 4.69) is 80.7 Å². The number of aryl methyl sites for hydroxylation is 1. The summed E-state index contributed by atoms with van der Waals surface area (Å²) in [5.74, 6) is 0.531. The van der Waals surface area contributed by atoms with Crippen molar-refractivity contribution in [3.8, 4) is 11.5 Å². The molecule has 2 amide bonds. The van der Waals surface area contributed by atoms with Gasteiger partial charge >= 0.3 is 0 Å². The molecule has 0 radical (unpaired) electrons. The van der Waals surface area contributed by atoms with Gasteiger partial charge in [-0.15, -0.1) is 5.10 Å². The van der Waals surface area contributed by atoms with Crippen LogP contribution in [-0.4, -0.2) is 73.5 Å². The van der Waals surface area contributed by atoms with Crippen LogP contribution in [0.3, 0.4) is 0 Å². The third-order valence-corrected chi connectivity index (χ3v) is 17.5. The number of rotatable bonds is 17. The SMILES string of the molecule is COc1ccc(C(=O)Nc2ccc3c(c2)[C@@]2(O[C@H](CCn4cc(C(CO)c5ccccc5)nn4)[C@@H]([Si](C)(C)c4ccc(OC)cc4)[C@@H]2C)C(=O)N3C/C=C(\C)CCC=C(C)C)cc1. The predicted octanol–water partition coefficient (Wildman–Crippen LogP) is 9.02. The Morgan fingerprint density at radius 1 is 0.952 bits per heavy atom. The van der Waals surface area contributed by atoms with Gasteiger partial charge in [0.1, 0.15) is 11.5 Å². The Labute approximate surface area is 372 Å². The van der Waals surface area contributed by atoms with E-state index in [-0.39, 0.29) is 41.9 Å². The number of methoxy groups -OCH3 is 2. The van der Waals surface area contributed by atoms with Crippen LogP contribution in [0.15, 0.2) is 127 Å². The van der Waals surface area contributed by atoms with Crippen LogP contribution in [0.5, 0.6) is 11.5 Å². The topological polar surface area (TPSA) is 128 Å². The first-order chi connectivity index (χ1) is 30.3. The van der Waals surface area contributed by atoms with E-state index >= 15 is 4.79 Å².